The second-order valence-electron chi connectivity index (χ2n) is 3.80. The number of rotatable bonds is 4. The van der Waals surface area contributed by atoms with Crippen LogP contribution in [0.3, 0.4) is 0 Å². The molecule has 0 aliphatic heterocycles. The predicted octanol–water partition coefficient (Wildman–Crippen LogP) is 2.27. The molecule has 106 valence electrons. The van der Waals surface area contributed by atoms with E-state index >= 15 is 0 Å². The quantitative estimate of drug-likeness (QED) is 0.303. The maximum atomic E-state index is 13.2. The van der Waals surface area contributed by atoms with Gasteiger partial charge < -0.3 is 10.5 Å². The molecule has 8 heteroatoms. The van der Waals surface area contributed by atoms with E-state index in [9.17, 15) is 26.7 Å². The summed E-state index contributed by atoms with van der Waals surface area (Å²) in [5.41, 5.74) is 5.16. The maximum absolute atomic E-state index is 13.2. The molecule has 0 aromatic heterocycles. The summed E-state index contributed by atoms with van der Waals surface area (Å²) in [5.74, 6) is -14.6. The molecule has 1 unspecified atom stereocenters. The van der Waals surface area contributed by atoms with Gasteiger partial charge >= 0.3 is 5.97 Å². The topological polar surface area (TPSA) is 52.3 Å². The molecule has 0 heterocycles. The number of esters is 1. The Morgan fingerprint density at radius 2 is 1.47 bits per heavy atom. The Labute approximate surface area is 105 Å². The van der Waals surface area contributed by atoms with Crippen molar-refractivity contribution >= 4 is 5.97 Å². The number of carbonyl (C=O) groups excluding carboxylic acids is 1. The first-order valence-corrected chi connectivity index (χ1v) is 5.24. The van der Waals surface area contributed by atoms with Crippen LogP contribution in [-0.4, -0.2) is 12.5 Å². The van der Waals surface area contributed by atoms with Gasteiger partial charge in [-0.1, -0.05) is 6.92 Å². The van der Waals surface area contributed by atoms with Gasteiger partial charge in [-0.25, -0.2) is 13.2 Å². The van der Waals surface area contributed by atoms with Gasteiger partial charge in [0.1, 0.15) is 0 Å². The minimum absolute atomic E-state index is 0.105. The number of hydrogen-bond acceptors (Lipinski definition) is 3. The summed E-state index contributed by atoms with van der Waals surface area (Å²) in [6.07, 6.45) is 0.147. The summed E-state index contributed by atoms with van der Waals surface area (Å²) in [5, 5.41) is 0. The lowest BCUT2D eigenvalue weighted by Crippen LogP contribution is -2.22. The van der Waals surface area contributed by atoms with E-state index in [1.54, 1.807) is 0 Å². The van der Waals surface area contributed by atoms with Crippen LogP contribution in [0.1, 0.15) is 13.3 Å². The SMILES string of the molecule is CC(CCN)C(=O)Oc1c(F)c(F)c(F)c(F)c1F. The predicted molar refractivity (Wildman–Crippen MR) is 54.7 cm³/mol. The summed E-state index contributed by atoms with van der Waals surface area (Å²) in [4.78, 5) is 11.4. The average molecular weight is 283 g/mol. The summed E-state index contributed by atoms with van der Waals surface area (Å²) < 4.78 is 69.0. The van der Waals surface area contributed by atoms with Crippen molar-refractivity contribution in [2.24, 2.45) is 11.7 Å². The molecular weight excluding hydrogens is 273 g/mol. The monoisotopic (exact) mass is 283 g/mol. The largest absolute Gasteiger partial charge is 0.420 e. The second kappa shape index (κ2) is 5.96. The molecule has 0 saturated carbocycles. The van der Waals surface area contributed by atoms with Crippen molar-refractivity contribution in [1.29, 1.82) is 0 Å². The van der Waals surface area contributed by atoms with Crippen molar-refractivity contribution < 1.29 is 31.5 Å². The Morgan fingerprint density at radius 1 is 1.05 bits per heavy atom. The van der Waals surface area contributed by atoms with Gasteiger partial charge in [0.05, 0.1) is 5.92 Å². The molecule has 0 aliphatic rings. The Balaban J connectivity index is 3.12. The number of nitrogens with two attached hydrogens (primary N) is 1. The van der Waals surface area contributed by atoms with Gasteiger partial charge in [-0.05, 0) is 13.0 Å². The molecule has 0 radical (unpaired) electrons. The van der Waals surface area contributed by atoms with Crippen molar-refractivity contribution in [3.8, 4) is 5.75 Å². The lowest BCUT2D eigenvalue weighted by molar-refractivity contribution is -0.139. The Kier molecular flexibility index (Phi) is 4.82. The molecule has 0 aliphatic carbocycles. The van der Waals surface area contributed by atoms with Crippen LogP contribution in [0, 0.1) is 35.0 Å². The van der Waals surface area contributed by atoms with Gasteiger partial charge in [-0.15, -0.1) is 0 Å². The van der Waals surface area contributed by atoms with E-state index in [2.05, 4.69) is 4.74 Å². The normalized spacial score (nSPS) is 12.4. The van der Waals surface area contributed by atoms with E-state index in [1.165, 1.54) is 6.92 Å². The van der Waals surface area contributed by atoms with Crippen LogP contribution in [0.15, 0.2) is 0 Å². The van der Waals surface area contributed by atoms with Crippen LogP contribution in [0.5, 0.6) is 5.75 Å². The Hall–Kier alpha value is -1.70. The van der Waals surface area contributed by atoms with E-state index in [4.69, 9.17) is 5.73 Å². The van der Waals surface area contributed by atoms with Crippen LogP contribution in [0.25, 0.3) is 0 Å². The van der Waals surface area contributed by atoms with Crippen LogP contribution < -0.4 is 10.5 Å². The third kappa shape index (κ3) is 3.01. The Bertz CT molecular complexity index is 477. The number of carbonyl (C=O) groups is 1. The summed E-state index contributed by atoms with van der Waals surface area (Å²) in [6.45, 7) is 1.45. The van der Waals surface area contributed by atoms with E-state index in [-0.39, 0.29) is 13.0 Å². The van der Waals surface area contributed by atoms with E-state index in [0.29, 0.717) is 0 Å². The minimum atomic E-state index is -2.31. The van der Waals surface area contributed by atoms with Crippen molar-refractivity contribution in [2.45, 2.75) is 13.3 Å². The van der Waals surface area contributed by atoms with Gasteiger partial charge in [0.15, 0.2) is 0 Å². The van der Waals surface area contributed by atoms with Crippen LogP contribution in [0.4, 0.5) is 22.0 Å². The highest BCUT2D eigenvalue weighted by molar-refractivity contribution is 5.74. The van der Waals surface area contributed by atoms with Crippen LogP contribution >= 0.6 is 0 Å². The standard InChI is InChI=1S/C11H10F5NO2/c1-4(2-3-17)11(18)19-10-8(15)6(13)5(12)7(14)9(10)16/h4H,2-3,17H2,1H3. The van der Waals surface area contributed by atoms with Crippen molar-refractivity contribution in [2.75, 3.05) is 6.54 Å². The summed E-state index contributed by atoms with van der Waals surface area (Å²) in [7, 11) is 0. The molecule has 2 N–H and O–H groups in total. The smallest absolute Gasteiger partial charge is 0.314 e. The van der Waals surface area contributed by atoms with Gasteiger partial charge in [0.2, 0.25) is 34.8 Å². The number of hydrogen-bond donors (Lipinski definition) is 1. The fraction of sp³-hybridized carbons (Fsp3) is 0.364. The fourth-order valence-electron chi connectivity index (χ4n) is 1.24. The highest BCUT2D eigenvalue weighted by Crippen LogP contribution is 2.29. The second-order valence-corrected chi connectivity index (χ2v) is 3.80. The highest BCUT2D eigenvalue weighted by atomic mass is 19.2. The first kappa shape index (κ1) is 15.4. The molecule has 19 heavy (non-hydrogen) atoms. The average Bonchev–Trinajstić information content (AvgIpc) is 2.39. The first-order chi connectivity index (χ1) is 8.81. The fourth-order valence-corrected chi connectivity index (χ4v) is 1.24. The number of ether oxygens (including phenoxy) is 1. The minimum Gasteiger partial charge on any atom is -0.420 e. The number of halogens is 5. The molecule has 0 fully saturated rings. The van der Waals surface area contributed by atoms with E-state index in [0.717, 1.165) is 0 Å². The molecular formula is C11H10F5NO2. The molecule has 1 aromatic carbocycles. The van der Waals surface area contributed by atoms with Crippen molar-refractivity contribution in [3.63, 3.8) is 0 Å². The molecule has 3 nitrogen and oxygen atoms in total. The van der Waals surface area contributed by atoms with Gasteiger partial charge in [-0.2, -0.15) is 8.78 Å². The molecule has 1 aromatic rings. The van der Waals surface area contributed by atoms with E-state index in [1.807, 2.05) is 0 Å². The van der Waals surface area contributed by atoms with Gasteiger partial charge in [0.25, 0.3) is 0 Å². The third-order valence-corrected chi connectivity index (χ3v) is 2.37. The molecule has 1 atom stereocenters. The lowest BCUT2D eigenvalue weighted by atomic mass is 10.1. The lowest BCUT2D eigenvalue weighted by Gasteiger charge is -2.12. The summed E-state index contributed by atoms with van der Waals surface area (Å²) in [6, 6.07) is 0. The highest BCUT2D eigenvalue weighted by Gasteiger charge is 2.29. The summed E-state index contributed by atoms with van der Waals surface area (Å²) >= 11 is 0. The zero-order valence-electron chi connectivity index (χ0n) is 9.78. The molecule has 0 bridgehead atoms. The van der Waals surface area contributed by atoms with Crippen molar-refractivity contribution in [3.05, 3.63) is 29.1 Å². The van der Waals surface area contributed by atoms with Gasteiger partial charge in [-0.3, -0.25) is 4.79 Å². The van der Waals surface area contributed by atoms with Crippen LogP contribution in [-0.2, 0) is 4.79 Å². The zero-order valence-corrected chi connectivity index (χ0v) is 9.78. The van der Waals surface area contributed by atoms with E-state index < -0.39 is 46.7 Å². The Morgan fingerprint density at radius 3 is 1.89 bits per heavy atom. The first-order valence-electron chi connectivity index (χ1n) is 5.24. The molecule has 0 amide bonds. The van der Waals surface area contributed by atoms with Crippen LogP contribution in [0.2, 0.25) is 0 Å². The maximum Gasteiger partial charge on any atom is 0.314 e. The molecule has 1 rings (SSSR count). The third-order valence-electron chi connectivity index (χ3n) is 2.37. The van der Waals surface area contributed by atoms with Gasteiger partial charge in [0, 0.05) is 0 Å². The van der Waals surface area contributed by atoms with Crippen molar-refractivity contribution in [1.82, 2.24) is 0 Å². The number of benzene rings is 1. The molecule has 0 spiro atoms. The molecule has 0 saturated heterocycles. The zero-order chi connectivity index (χ0) is 14.7.